The summed E-state index contributed by atoms with van der Waals surface area (Å²) < 4.78 is 5.60. The minimum atomic E-state index is -0.301. The topological polar surface area (TPSA) is 86.5 Å². The van der Waals surface area contributed by atoms with Crippen molar-refractivity contribution < 1.29 is 19.1 Å². The maximum atomic E-state index is 11.8. The molecule has 0 aromatic rings. The van der Waals surface area contributed by atoms with Gasteiger partial charge in [0.15, 0.2) is 0 Å². The average Bonchev–Trinajstić information content (AvgIpc) is 2.47. The van der Waals surface area contributed by atoms with Crippen LogP contribution in [0.5, 0.6) is 0 Å². The van der Waals surface area contributed by atoms with Crippen molar-refractivity contribution in [2.24, 2.45) is 23.0 Å². The molecule has 140 valence electrons. The van der Waals surface area contributed by atoms with E-state index in [0.717, 1.165) is 38.4 Å². The fourth-order valence-electron chi connectivity index (χ4n) is 2.54. The van der Waals surface area contributed by atoms with Gasteiger partial charge >= 0.3 is 5.97 Å². The Balaban J connectivity index is 4.30. The molecule has 0 saturated heterocycles. The Morgan fingerprint density at radius 1 is 1.12 bits per heavy atom. The van der Waals surface area contributed by atoms with Gasteiger partial charge < -0.3 is 15.3 Å². The Labute approximate surface area is 146 Å². The molecule has 3 atom stereocenters. The zero-order valence-corrected chi connectivity index (χ0v) is 16.0. The molecule has 2 N–H and O–H groups in total. The first-order chi connectivity index (χ1) is 11.1. The highest BCUT2D eigenvalue weighted by atomic mass is 16.5. The average molecular weight is 341 g/mol. The molecule has 0 aliphatic heterocycles. The van der Waals surface area contributed by atoms with Crippen molar-refractivity contribution in [2.75, 3.05) is 0 Å². The zero-order chi connectivity index (χ0) is 18.8. The van der Waals surface area contributed by atoms with Crippen LogP contribution >= 0.6 is 0 Å². The lowest BCUT2D eigenvalue weighted by molar-refractivity contribution is -0.156. The van der Waals surface area contributed by atoms with Gasteiger partial charge in [0.1, 0.15) is 12.4 Å². The molecule has 0 saturated carbocycles. The summed E-state index contributed by atoms with van der Waals surface area (Å²) in [5, 5.41) is 0. The largest absolute Gasteiger partial charge is 0.462 e. The number of unbranched alkanes of at least 4 members (excludes halogenated alkanes) is 1. The van der Waals surface area contributed by atoms with Crippen molar-refractivity contribution in [3.05, 3.63) is 0 Å². The van der Waals surface area contributed by atoms with Crippen LogP contribution in [0.25, 0.3) is 0 Å². The first-order valence-corrected chi connectivity index (χ1v) is 9.00. The van der Waals surface area contributed by atoms with Crippen LogP contribution in [-0.4, -0.2) is 24.3 Å². The highest BCUT2D eigenvalue weighted by molar-refractivity contribution is 5.76. The SMILES string of the molecule is C[C@H](CCCC[C@@H](C)C(N)=O)C[C@@H](OC(=O)CCC=O)C(C)(C)C. The summed E-state index contributed by atoms with van der Waals surface area (Å²) >= 11 is 0. The van der Waals surface area contributed by atoms with Crippen molar-refractivity contribution >= 4 is 18.2 Å². The molecule has 0 aromatic carbocycles. The number of carbonyl (C=O) groups is 3. The van der Waals surface area contributed by atoms with Gasteiger partial charge in [-0.1, -0.05) is 53.9 Å². The summed E-state index contributed by atoms with van der Waals surface area (Å²) in [5.74, 6) is -0.180. The van der Waals surface area contributed by atoms with Gasteiger partial charge in [0.2, 0.25) is 5.91 Å². The van der Waals surface area contributed by atoms with Crippen LogP contribution in [0.15, 0.2) is 0 Å². The molecule has 0 fully saturated rings. The first kappa shape index (κ1) is 22.6. The smallest absolute Gasteiger partial charge is 0.306 e. The molecule has 0 radical (unpaired) electrons. The third-order valence-corrected chi connectivity index (χ3v) is 4.39. The summed E-state index contributed by atoms with van der Waals surface area (Å²) in [6, 6.07) is 0. The predicted molar refractivity (Wildman–Crippen MR) is 95.2 cm³/mol. The van der Waals surface area contributed by atoms with Crippen molar-refractivity contribution in [3.8, 4) is 0 Å². The molecule has 0 aliphatic carbocycles. The Morgan fingerprint density at radius 3 is 2.21 bits per heavy atom. The number of hydrogen-bond acceptors (Lipinski definition) is 4. The van der Waals surface area contributed by atoms with Crippen LogP contribution in [0.2, 0.25) is 0 Å². The van der Waals surface area contributed by atoms with E-state index in [-0.39, 0.29) is 42.2 Å². The van der Waals surface area contributed by atoms with Crippen LogP contribution in [-0.2, 0) is 19.1 Å². The van der Waals surface area contributed by atoms with Gasteiger partial charge in [-0.05, 0) is 24.2 Å². The molecular formula is C19H35NO4. The number of hydrogen-bond donors (Lipinski definition) is 1. The van der Waals surface area contributed by atoms with Crippen LogP contribution in [0, 0.1) is 17.3 Å². The summed E-state index contributed by atoms with van der Waals surface area (Å²) in [6.45, 7) is 10.2. The van der Waals surface area contributed by atoms with Crippen molar-refractivity contribution in [1.82, 2.24) is 0 Å². The second-order valence-corrected chi connectivity index (χ2v) is 7.98. The number of carbonyl (C=O) groups excluding carboxylic acids is 3. The van der Waals surface area contributed by atoms with E-state index in [9.17, 15) is 14.4 Å². The molecule has 1 amide bonds. The molecule has 0 bridgehead atoms. The summed E-state index contributed by atoms with van der Waals surface area (Å²) in [6.07, 6.45) is 5.62. The number of aldehydes is 1. The maximum Gasteiger partial charge on any atom is 0.306 e. The second-order valence-electron chi connectivity index (χ2n) is 7.98. The molecule has 0 spiro atoms. The molecule has 5 heteroatoms. The fourth-order valence-corrected chi connectivity index (χ4v) is 2.54. The molecule has 0 rings (SSSR count). The lowest BCUT2D eigenvalue weighted by atomic mass is 9.82. The van der Waals surface area contributed by atoms with Gasteiger partial charge in [0.25, 0.3) is 0 Å². The molecule has 24 heavy (non-hydrogen) atoms. The van der Waals surface area contributed by atoms with E-state index >= 15 is 0 Å². The number of esters is 1. The molecule has 5 nitrogen and oxygen atoms in total. The van der Waals surface area contributed by atoms with E-state index in [2.05, 4.69) is 27.7 Å². The minimum Gasteiger partial charge on any atom is -0.462 e. The predicted octanol–water partition coefficient (Wildman–Crippen LogP) is 3.63. The lowest BCUT2D eigenvalue weighted by Gasteiger charge is -2.32. The van der Waals surface area contributed by atoms with Crippen molar-refractivity contribution in [1.29, 1.82) is 0 Å². The Kier molecular flexibility index (Phi) is 10.6. The second kappa shape index (κ2) is 11.2. The molecular weight excluding hydrogens is 306 g/mol. The van der Waals surface area contributed by atoms with Crippen molar-refractivity contribution in [2.45, 2.75) is 85.7 Å². The van der Waals surface area contributed by atoms with E-state index in [4.69, 9.17) is 10.5 Å². The Morgan fingerprint density at radius 2 is 1.71 bits per heavy atom. The first-order valence-electron chi connectivity index (χ1n) is 9.00. The Bertz CT molecular complexity index is 401. The Hall–Kier alpha value is -1.39. The highest BCUT2D eigenvalue weighted by Crippen LogP contribution is 2.30. The van der Waals surface area contributed by atoms with Crippen LogP contribution in [0.3, 0.4) is 0 Å². The molecule has 0 aliphatic rings. The van der Waals surface area contributed by atoms with Gasteiger partial charge in [-0.25, -0.2) is 0 Å². The number of amides is 1. The summed E-state index contributed by atoms with van der Waals surface area (Å²) in [5.41, 5.74) is 5.13. The van der Waals surface area contributed by atoms with Crippen molar-refractivity contribution in [3.63, 3.8) is 0 Å². The van der Waals surface area contributed by atoms with Gasteiger partial charge in [0, 0.05) is 12.3 Å². The van der Waals surface area contributed by atoms with Gasteiger partial charge in [-0.2, -0.15) is 0 Å². The maximum absolute atomic E-state index is 11.8. The normalized spacial score (nSPS) is 15.4. The van der Waals surface area contributed by atoms with E-state index in [0.29, 0.717) is 5.92 Å². The van der Waals surface area contributed by atoms with E-state index in [1.54, 1.807) is 0 Å². The van der Waals surface area contributed by atoms with Gasteiger partial charge in [0.05, 0.1) is 6.42 Å². The standard InChI is InChI=1S/C19H35NO4/c1-14(9-6-7-10-15(2)18(20)23)13-16(19(3,4)5)24-17(22)11-8-12-21/h12,14-16H,6-11,13H2,1-5H3,(H2,20,23)/t14-,15-,16-/m1/s1. The molecule has 0 aromatic heterocycles. The summed E-state index contributed by atoms with van der Waals surface area (Å²) in [7, 11) is 0. The number of primary amides is 1. The molecule has 0 unspecified atom stereocenters. The lowest BCUT2D eigenvalue weighted by Crippen LogP contribution is -2.33. The number of ether oxygens (including phenoxy) is 1. The minimum absolute atomic E-state index is 0.0681. The third kappa shape index (κ3) is 10.4. The fraction of sp³-hybridized carbons (Fsp3) is 0.842. The van der Waals surface area contributed by atoms with Crippen LogP contribution in [0.1, 0.15) is 79.6 Å². The third-order valence-electron chi connectivity index (χ3n) is 4.39. The van der Waals surface area contributed by atoms with Crippen LogP contribution in [0.4, 0.5) is 0 Å². The van der Waals surface area contributed by atoms with Gasteiger partial charge in [-0.3, -0.25) is 9.59 Å². The summed E-state index contributed by atoms with van der Waals surface area (Å²) in [4.78, 5) is 33.2. The van der Waals surface area contributed by atoms with E-state index in [1.165, 1.54) is 0 Å². The van der Waals surface area contributed by atoms with E-state index in [1.807, 2.05) is 6.92 Å². The zero-order valence-electron chi connectivity index (χ0n) is 16.0. The van der Waals surface area contributed by atoms with E-state index < -0.39 is 0 Å². The number of rotatable bonds is 12. The monoisotopic (exact) mass is 341 g/mol. The van der Waals surface area contributed by atoms with Gasteiger partial charge in [-0.15, -0.1) is 0 Å². The quantitative estimate of drug-likeness (QED) is 0.333. The molecule has 0 heterocycles. The van der Waals surface area contributed by atoms with Crippen LogP contribution < -0.4 is 5.73 Å². The number of nitrogens with two attached hydrogens (primary N) is 1. The highest BCUT2D eigenvalue weighted by Gasteiger charge is 2.29.